The number of pyridine rings is 1. The van der Waals surface area contributed by atoms with Crippen molar-refractivity contribution in [2.24, 2.45) is 0 Å². The van der Waals surface area contributed by atoms with Crippen molar-refractivity contribution in [2.75, 3.05) is 5.73 Å². The summed E-state index contributed by atoms with van der Waals surface area (Å²) in [6.45, 7) is 1.90. The highest BCUT2D eigenvalue weighted by Gasteiger charge is 2.32. The lowest BCUT2D eigenvalue weighted by Crippen LogP contribution is -2.10. The number of rotatable bonds is 2. The van der Waals surface area contributed by atoms with Crippen LogP contribution in [0, 0.1) is 6.92 Å². The van der Waals surface area contributed by atoms with Crippen molar-refractivity contribution in [3.05, 3.63) is 71.0 Å². The number of nitrogens with two attached hydrogens (primary N) is 1. The summed E-state index contributed by atoms with van der Waals surface area (Å²) in [5.74, 6) is 0. The predicted octanol–water partition coefficient (Wildman–Crippen LogP) is 4.74. The number of fused-ring (bicyclic) bond motifs is 1. The molecule has 0 amide bonds. The van der Waals surface area contributed by atoms with Gasteiger partial charge in [-0.2, -0.15) is 13.2 Å². The van der Waals surface area contributed by atoms with E-state index in [0.29, 0.717) is 11.4 Å². The van der Waals surface area contributed by atoms with Gasteiger partial charge in [-0.05, 0) is 30.2 Å². The SMILES string of the molecule is Cc1ccc2c(Cc3ccccc3C(F)(F)F)nccc2c1N. The van der Waals surface area contributed by atoms with Crippen molar-refractivity contribution in [3.8, 4) is 0 Å². The van der Waals surface area contributed by atoms with Crippen molar-refractivity contribution in [1.29, 1.82) is 0 Å². The molecule has 0 atom stereocenters. The highest BCUT2D eigenvalue weighted by atomic mass is 19.4. The maximum absolute atomic E-state index is 13.1. The Morgan fingerprint density at radius 3 is 2.48 bits per heavy atom. The molecule has 118 valence electrons. The first kappa shape index (κ1) is 15.3. The second-order valence-corrected chi connectivity index (χ2v) is 5.48. The van der Waals surface area contributed by atoms with E-state index in [2.05, 4.69) is 4.98 Å². The summed E-state index contributed by atoms with van der Waals surface area (Å²) in [5.41, 5.74) is 7.81. The van der Waals surface area contributed by atoms with E-state index in [9.17, 15) is 13.2 Å². The fourth-order valence-electron chi connectivity index (χ4n) is 2.72. The molecule has 2 aromatic carbocycles. The van der Waals surface area contributed by atoms with Crippen molar-refractivity contribution in [2.45, 2.75) is 19.5 Å². The van der Waals surface area contributed by atoms with E-state index in [1.807, 2.05) is 19.1 Å². The van der Waals surface area contributed by atoms with Gasteiger partial charge >= 0.3 is 6.18 Å². The van der Waals surface area contributed by atoms with Gasteiger partial charge in [-0.25, -0.2) is 0 Å². The molecular weight excluding hydrogens is 301 g/mol. The minimum absolute atomic E-state index is 0.107. The van der Waals surface area contributed by atoms with Crippen LogP contribution in [0.25, 0.3) is 10.8 Å². The third-order valence-electron chi connectivity index (χ3n) is 3.97. The minimum atomic E-state index is -4.38. The topological polar surface area (TPSA) is 38.9 Å². The number of nitrogen functional groups attached to an aromatic ring is 1. The van der Waals surface area contributed by atoms with E-state index in [0.717, 1.165) is 22.4 Å². The molecule has 0 unspecified atom stereocenters. The predicted molar refractivity (Wildman–Crippen MR) is 85.1 cm³/mol. The van der Waals surface area contributed by atoms with Gasteiger partial charge in [0.25, 0.3) is 0 Å². The first-order chi connectivity index (χ1) is 10.9. The Hall–Kier alpha value is -2.56. The van der Waals surface area contributed by atoms with Crippen molar-refractivity contribution >= 4 is 16.5 Å². The average molecular weight is 316 g/mol. The van der Waals surface area contributed by atoms with Gasteiger partial charge in [0.05, 0.1) is 11.3 Å². The fraction of sp³-hybridized carbons (Fsp3) is 0.167. The first-order valence-electron chi connectivity index (χ1n) is 7.15. The maximum Gasteiger partial charge on any atom is 0.416 e. The Balaban J connectivity index is 2.12. The summed E-state index contributed by atoms with van der Waals surface area (Å²) in [5, 5.41) is 1.60. The zero-order valence-electron chi connectivity index (χ0n) is 12.5. The molecule has 3 aromatic rings. The highest BCUT2D eigenvalue weighted by Crippen LogP contribution is 2.34. The van der Waals surface area contributed by atoms with Crippen LogP contribution in [0.1, 0.15) is 22.4 Å². The Kier molecular flexibility index (Phi) is 3.72. The molecule has 0 radical (unpaired) electrons. The Labute approximate surface area is 131 Å². The fourth-order valence-corrected chi connectivity index (χ4v) is 2.72. The van der Waals surface area contributed by atoms with Gasteiger partial charge in [0, 0.05) is 29.1 Å². The van der Waals surface area contributed by atoms with E-state index in [1.54, 1.807) is 18.3 Å². The molecule has 2 N–H and O–H groups in total. The molecule has 0 fully saturated rings. The zero-order chi connectivity index (χ0) is 16.6. The summed E-state index contributed by atoms with van der Waals surface area (Å²) in [7, 11) is 0. The number of halogens is 3. The van der Waals surface area contributed by atoms with Crippen LogP contribution in [0.5, 0.6) is 0 Å². The van der Waals surface area contributed by atoms with Crippen LogP contribution in [0.4, 0.5) is 18.9 Å². The van der Waals surface area contributed by atoms with E-state index >= 15 is 0 Å². The molecule has 0 aliphatic heterocycles. The first-order valence-corrected chi connectivity index (χ1v) is 7.15. The number of hydrogen-bond donors (Lipinski definition) is 1. The number of anilines is 1. The molecule has 0 spiro atoms. The van der Waals surface area contributed by atoms with Gasteiger partial charge in [-0.15, -0.1) is 0 Å². The van der Waals surface area contributed by atoms with Crippen molar-refractivity contribution in [1.82, 2.24) is 4.98 Å². The molecule has 1 heterocycles. The summed E-state index contributed by atoms with van der Waals surface area (Å²) in [6.07, 6.45) is -2.68. The second-order valence-electron chi connectivity index (χ2n) is 5.48. The molecule has 0 aliphatic carbocycles. The monoisotopic (exact) mass is 316 g/mol. The summed E-state index contributed by atoms with van der Waals surface area (Å²) < 4.78 is 39.4. The molecule has 0 saturated heterocycles. The molecular formula is C18H15F3N2. The standard InChI is InChI=1S/C18H15F3N2/c1-11-6-7-13-14(17(11)22)8-9-23-16(13)10-12-4-2-3-5-15(12)18(19,20)21/h2-9H,10,22H2,1H3. The van der Waals surface area contributed by atoms with Gasteiger partial charge < -0.3 is 5.73 Å². The average Bonchev–Trinajstić information content (AvgIpc) is 2.51. The van der Waals surface area contributed by atoms with Gasteiger partial charge in [-0.3, -0.25) is 4.98 Å². The quantitative estimate of drug-likeness (QED) is 0.694. The highest BCUT2D eigenvalue weighted by molar-refractivity contribution is 5.95. The van der Waals surface area contributed by atoms with Crippen molar-refractivity contribution in [3.63, 3.8) is 0 Å². The second kappa shape index (κ2) is 5.57. The van der Waals surface area contributed by atoms with E-state index in [4.69, 9.17) is 5.73 Å². The maximum atomic E-state index is 13.1. The number of benzene rings is 2. The summed E-state index contributed by atoms with van der Waals surface area (Å²) >= 11 is 0. The molecule has 2 nitrogen and oxygen atoms in total. The van der Waals surface area contributed by atoms with Crippen LogP contribution < -0.4 is 5.73 Å². The minimum Gasteiger partial charge on any atom is -0.398 e. The molecule has 23 heavy (non-hydrogen) atoms. The molecule has 1 aromatic heterocycles. The van der Waals surface area contributed by atoms with Gasteiger partial charge in [0.2, 0.25) is 0 Å². The van der Waals surface area contributed by atoms with Crippen LogP contribution in [0.15, 0.2) is 48.7 Å². The lowest BCUT2D eigenvalue weighted by molar-refractivity contribution is -0.138. The zero-order valence-corrected chi connectivity index (χ0v) is 12.5. The largest absolute Gasteiger partial charge is 0.416 e. The normalized spacial score (nSPS) is 11.8. The lowest BCUT2D eigenvalue weighted by Gasteiger charge is -2.14. The number of nitrogens with zero attached hydrogens (tertiary/aromatic N) is 1. The van der Waals surface area contributed by atoms with E-state index in [1.165, 1.54) is 12.1 Å². The molecule has 5 heteroatoms. The summed E-state index contributed by atoms with van der Waals surface area (Å²) in [4.78, 5) is 4.27. The van der Waals surface area contributed by atoms with Crippen LogP contribution in [-0.2, 0) is 12.6 Å². The number of aromatic nitrogens is 1. The van der Waals surface area contributed by atoms with Crippen molar-refractivity contribution < 1.29 is 13.2 Å². The lowest BCUT2D eigenvalue weighted by atomic mass is 9.98. The van der Waals surface area contributed by atoms with E-state index < -0.39 is 11.7 Å². The van der Waals surface area contributed by atoms with Crippen LogP contribution >= 0.6 is 0 Å². The molecule has 0 aliphatic rings. The van der Waals surface area contributed by atoms with Crippen LogP contribution in [0.2, 0.25) is 0 Å². The molecule has 3 rings (SSSR count). The van der Waals surface area contributed by atoms with Crippen LogP contribution in [0.3, 0.4) is 0 Å². The third kappa shape index (κ3) is 2.86. The van der Waals surface area contributed by atoms with E-state index in [-0.39, 0.29) is 12.0 Å². The molecule has 0 bridgehead atoms. The smallest absolute Gasteiger partial charge is 0.398 e. The number of aryl methyl sites for hydroxylation is 1. The Morgan fingerprint density at radius 1 is 1.00 bits per heavy atom. The Morgan fingerprint density at radius 2 is 1.74 bits per heavy atom. The summed E-state index contributed by atoms with van der Waals surface area (Å²) in [6, 6.07) is 11.1. The number of hydrogen-bond acceptors (Lipinski definition) is 2. The Bertz CT molecular complexity index is 870. The third-order valence-corrected chi connectivity index (χ3v) is 3.97. The van der Waals surface area contributed by atoms with Crippen LogP contribution in [-0.4, -0.2) is 4.98 Å². The van der Waals surface area contributed by atoms with Gasteiger partial charge in [0.15, 0.2) is 0 Å². The van der Waals surface area contributed by atoms with Gasteiger partial charge in [-0.1, -0.05) is 30.3 Å². The molecule has 0 saturated carbocycles. The number of alkyl halides is 3. The van der Waals surface area contributed by atoms with Gasteiger partial charge in [0.1, 0.15) is 0 Å².